The van der Waals surface area contributed by atoms with E-state index in [1.54, 1.807) is 13.8 Å². The van der Waals surface area contributed by atoms with Crippen LogP contribution < -0.4 is 29.5 Å². The second-order valence-corrected chi connectivity index (χ2v) is 6.20. The van der Waals surface area contributed by atoms with Crippen LogP contribution in [-0.4, -0.2) is 11.9 Å². The normalized spacial score (nSPS) is 10.5. The van der Waals surface area contributed by atoms with Crippen LogP contribution in [0.15, 0.2) is 49.1 Å². The summed E-state index contributed by atoms with van der Waals surface area (Å²) in [5.41, 5.74) is 9.23. The number of carbonyl (C=O) groups is 2. The molecular formula is C19H21LiNO5P. The molecule has 0 fully saturated rings. The molecule has 0 aliphatic rings. The van der Waals surface area contributed by atoms with Crippen molar-refractivity contribution in [3.63, 3.8) is 0 Å². The van der Waals surface area contributed by atoms with Gasteiger partial charge < -0.3 is 15.2 Å². The molecule has 1 unspecified atom stereocenters. The molecule has 138 valence electrons. The summed E-state index contributed by atoms with van der Waals surface area (Å²) in [6.07, 6.45) is 1.06. The molecule has 2 N–H and O–H groups in total. The predicted octanol–water partition coefficient (Wildman–Crippen LogP) is -0.153. The van der Waals surface area contributed by atoms with E-state index in [9.17, 15) is 19.0 Å². The molecular weight excluding hydrogens is 360 g/mol. The van der Waals surface area contributed by atoms with Gasteiger partial charge in [0.1, 0.15) is 0 Å². The number of nitrogens with two attached hydrogens (primary N) is 1. The van der Waals surface area contributed by atoms with Crippen molar-refractivity contribution >= 4 is 20.1 Å². The molecule has 2 rings (SSSR count). The molecule has 0 aliphatic heterocycles. The Morgan fingerprint density at radius 2 is 1.67 bits per heavy atom. The van der Waals surface area contributed by atoms with Crippen LogP contribution in [0.3, 0.4) is 0 Å². The molecule has 0 bridgehead atoms. The van der Waals surface area contributed by atoms with Crippen LogP contribution in [0.4, 0.5) is 0 Å². The third-order valence-electron chi connectivity index (χ3n) is 3.62. The largest absolute Gasteiger partial charge is 1.00 e. The maximum atomic E-state index is 12.0. The van der Waals surface area contributed by atoms with E-state index in [0.29, 0.717) is 11.1 Å². The molecule has 0 radical (unpaired) electrons. The van der Waals surface area contributed by atoms with Gasteiger partial charge in [0.15, 0.2) is 8.25 Å². The number of primary amides is 1. The van der Waals surface area contributed by atoms with Crippen molar-refractivity contribution in [3.8, 4) is 11.1 Å². The number of benzene rings is 2. The third kappa shape index (κ3) is 7.20. The summed E-state index contributed by atoms with van der Waals surface area (Å²) in [6.45, 7) is 8.63. The van der Waals surface area contributed by atoms with Gasteiger partial charge in [-0.3, -0.25) is 9.36 Å². The quantitative estimate of drug-likeness (QED) is 0.450. The van der Waals surface area contributed by atoms with Gasteiger partial charge in [0.05, 0.1) is 5.56 Å². The minimum atomic E-state index is -3.55. The first-order chi connectivity index (χ1) is 12.2. The Kier molecular flexibility index (Phi) is 10.7. The summed E-state index contributed by atoms with van der Waals surface area (Å²) in [6, 6.07) is 11.5. The van der Waals surface area contributed by atoms with Crippen LogP contribution in [0.2, 0.25) is 0 Å². The van der Waals surface area contributed by atoms with Crippen LogP contribution in [0.5, 0.6) is 0 Å². The average molecular weight is 381 g/mol. The molecule has 6 nitrogen and oxygen atoms in total. The summed E-state index contributed by atoms with van der Waals surface area (Å²) < 4.78 is 15.0. The number of aryl methyl sites for hydroxylation is 2. The SMILES string of the molecule is C=CC(N)=O.Cc1cc(C)c(-c2ccccc2)c(C)c1C(=O)O[PH](=O)[O-].[Li+]. The van der Waals surface area contributed by atoms with Gasteiger partial charge in [-0.15, -0.1) is 0 Å². The Hall–Kier alpha value is -2.09. The third-order valence-corrected chi connectivity index (χ3v) is 3.97. The van der Waals surface area contributed by atoms with E-state index in [1.807, 2.05) is 43.3 Å². The maximum absolute atomic E-state index is 12.0. The molecule has 2 aromatic rings. The minimum absolute atomic E-state index is 0. The van der Waals surface area contributed by atoms with E-state index in [1.165, 1.54) is 0 Å². The Morgan fingerprint density at radius 1 is 1.15 bits per heavy atom. The van der Waals surface area contributed by atoms with E-state index < -0.39 is 20.1 Å². The average Bonchev–Trinajstić information content (AvgIpc) is 2.55. The Labute approximate surface area is 171 Å². The molecule has 27 heavy (non-hydrogen) atoms. The standard InChI is InChI=1S/C16H17O4P.C3H5NO.Li/c1-10-9-11(2)15(16(17)20-21(18)19)12(3)14(10)13-7-5-4-6-8-13;1-2-3(4)5;/h4-9,21H,1-3H3,(H,18,19);2H,1H2,(H2,4,5);/q;;+1/p-1. The summed E-state index contributed by atoms with van der Waals surface area (Å²) in [7, 11) is -3.55. The number of rotatable bonds is 4. The van der Waals surface area contributed by atoms with Crippen LogP contribution in [0.1, 0.15) is 27.0 Å². The van der Waals surface area contributed by atoms with Gasteiger partial charge in [0.2, 0.25) is 5.91 Å². The molecule has 0 aliphatic carbocycles. The topological polar surface area (TPSA) is 110 Å². The Bertz CT molecular complexity index is 853. The molecule has 0 spiro atoms. The van der Waals surface area contributed by atoms with E-state index in [-0.39, 0.29) is 18.9 Å². The van der Waals surface area contributed by atoms with Crippen molar-refractivity contribution in [2.24, 2.45) is 5.73 Å². The van der Waals surface area contributed by atoms with Gasteiger partial charge in [-0.25, -0.2) is 4.79 Å². The van der Waals surface area contributed by atoms with Crippen molar-refractivity contribution in [1.29, 1.82) is 0 Å². The predicted molar refractivity (Wildman–Crippen MR) is 99.9 cm³/mol. The van der Waals surface area contributed by atoms with Gasteiger partial charge in [0.25, 0.3) is 0 Å². The fraction of sp³-hybridized carbons (Fsp3) is 0.158. The molecule has 0 heterocycles. The van der Waals surface area contributed by atoms with Crippen molar-refractivity contribution in [1.82, 2.24) is 0 Å². The second kappa shape index (κ2) is 11.6. The van der Waals surface area contributed by atoms with E-state index in [0.717, 1.165) is 28.3 Å². The first-order valence-corrected chi connectivity index (χ1v) is 8.92. The molecule has 1 atom stereocenters. The van der Waals surface area contributed by atoms with Crippen molar-refractivity contribution in [3.05, 3.63) is 71.3 Å². The van der Waals surface area contributed by atoms with E-state index in [4.69, 9.17) is 0 Å². The van der Waals surface area contributed by atoms with Crippen molar-refractivity contribution in [2.75, 3.05) is 0 Å². The number of carbonyl (C=O) groups excluding carboxylic acids is 2. The molecule has 0 saturated heterocycles. The molecule has 0 aromatic heterocycles. The second-order valence-electron chi connectivity index (χ2n) is 5.50. The van der Waals surface area contributed by atoms with Crippen LogP contribution in [-0.2, 0) is 13.9 Å². The van der Waals surface area contributed by atoms with Crippen LogP contribution >= 0.6 is 8.25 Å². The number of hydrogen-bond acceptors (Lipinski definition) is 5. The zero-order valence-corrected chi connectivity index (χ0v) is 16.9. The first-order valence-electron chi connectivity index (χ1n) is 7.70. The van der Waals surface area contributed by atoms with Crippen molar-refractivity contribution in [2.45, 2.75) is 20.8 Å². The fourth-order valence-corrected chi connectivity index (χ4v) is 2.93. The summed E-state index contributed by atoms with van der Waals surface area (Å²) in [4.78, 5) is 32.1. The van der Waals surface area contributed by atoms with Gasteiger partial charge in [0, 0.05) is 0 Å². The Balaban J connectivity index is 0.00000100. The number of amides is 1. The van der Waals surface area contributed by atoms with Crippen molar-refractivity contribution < 1.29 is 42.4 Å². The molecule has 2 aromatic carbocycles. The molecule has 0 saturated carbocycles. The van der Waals surface area contributed by atoms with Gasteiger partial charge in [-0.1, -0.05) is 43.0 Å². The number of hydrogen-bond donors (Lipinski definition) is 1. The van der Waals surface area contributed by atoms with Crippen LogP contribution in [0.25, 0.3) is 11.1 Å². The smallest absolute Gasteiger partial charge is 0.771 e. The van der Waals surface area contributed by atoms with E-state index in [2.05, 4.69) is 16.8 Å². The van der Waals surface area contributed by atoms with Gasteiger partial charge in [-0.2, -0.15) is 0 Å². The molecule has 8 heteroatoms. The monoisotopic (exact) mass is 381 g/mol. The fourth-order valence-electron chi connectivity index (χ4n) is 2.68. The zero-order chi connectivity index (χ0) is 19.9. The summed E-state index contributed by atoms with van der Waals surface area (Å²) >= 11 is 0. The van der Waals surface area contributed by atoms with Crippen LogP contribution in [0, 0.1) is 20.8 Å². The van der Waals surface area contributed by atoms with Gasteiger partial charge >= 0.3 is 24.8 Å². The maximum Gasteiger partial charge on any atom is 1.00 e. The Morgan fingerprint density at radius 3 is 2.11 bits per heavy atom. The zero-order valence-electron chi connectivity index (χ0n) is 15.9. The van der Waals surface area contributed by atoms with E-state index >= 15 is 0 Å². The minimum Gasteiger partial charge on any atom is -0.771 e. The van der Waals surface area contributed by atoms with Gasteiger partial charge in [-0.05, 0) is 54.7 Å². The first kappa shape index (κ1) is 24.9. The summed E-state index contributed by atoms with van der Waals surface area (Å²) in [5.74, 6) is -1.30. The molecule has 1 amide bonds. The summed E-state index contributed by atoms with van der Waals surface area (Å²) in [5, 5.41) is 0.